The first-order valence-corrected chi connectivity index (χ1v) is 8.56. The van der Waals surface area contributed by atoms with E-state index in [2.05, 4.69) is 10.4 Å². The number of methoxy groups -OCH3 is 1. The number of hydrogen-bond acceptors (Lipinski definition) is 7. The fourth-order valence-corrected chi connectivity index (χ4v) is 4.03. The summed E-state index contributed by atoms with van der Waals surface area (Å²) in [7, 11) is 1.63. The minimum Gasteiger partial charge on any atom is -0.493 e. The monoisotopic (exact) mass is 343 g/mol. The average Bonchev–Trinajstić information content (AvgIpc) is 3.15. The third-order valence-electron chi connectivity index (χ3n) is 5.11. The molecule has 0 radical (unpaired) electrons. The summed E-state index contributed by atoms with van der Waals surface area (Å²) in [4.78, 5) is 4.72. The molecule has 7 nitrogen and oxygen atoms in total. The van der Waals surface area contributed by atoms with E-state index in [0.717, 1.165) is 17.5 Å². The van der Waals surface area contributed by atoms with Crippen LogP contribution in [-0.2, 0) is 0 Å². The summed E-state index contributed by atoms with van der Waals surface area (Å²) < 4.78 is 16.5. The van der Waals surface area contributed by atoms with Gasteiger partial charge >= 0.3 is 0 Å². The number of aliphatic hydroxyl groups excluding tert-OH is 1. The normalized spacial score (nSPS) is 27.5. The number of rotatable bonds is 4. The van der Waals surface area contributed by atoms with Crippen LogP contribution in [0.2, 0.25) is 0 Å². The van der Waals surface area contributed by atoms with Crippen molar-refractivity contribution < 1.29 is 19.1 Å². The van der Waals surface area contributed by atoms with Crippen molar-refractivity contribution >= 4 is 6.21 Å². The number of aliphatic hydroxyl groups is 1. The van der Waals surface area contributed by atoms with Gasteiger partial charge in [-0.2, -0.15) is 0 Å². The Morgan fingerprint density at radius 2 is 2.12 bits per heavy atom. The molecule has 2 heterocycles. The van der Waals surface area contributed by atoms with Crippen molar-refractivity contribution in [1.29, 1.82) is 0 Å². The molecule has 1 aliphatic heterocycles. The van der Waals surface area contributed by atoms with Crippen LogP contribution in [0.4, 0.5) is 0 Å². The quantitative estimate of drug-likeness (QED) is 0.916. The molecule has 4 atom stereocenters. The Morgan fingerprint density at radius 3 is 2.84 bits per heavy atom. The molecule has 1 aromatic heterocycles. The molecular formula is C18H21N3O4. The van der Waals surface area contributed by atoms with Crippen LogP contribution in [0.3, 0.4) is 0 Å². The van der Waals surface area contributed by atoms with Crippen LogP contribution in [0.5, 0.6) is 11.5 Å². The van der Waals surface area contributed by atoms with E-state index >= 15 is 0 Å². The lowest BCUT2D eigenvalue weighted by Crippen LogP contribution is -2.39. The number of hydrogen-bond donors (Lipinski definition) is 1. The largest absolute Gasteiger partial charge is 0.493 e. The average molecular weight is 343 g/mol. The molecule has 2 aliphatic rings. The van der Waals surface area contributed by atoms with Crippen LogP contribution in [0, 0.1) is 0 Å². The van der Waals surface area contributed by atoms with Gasteiger partial charge < -0.3 is 19.1 Å². The lowest BCUT2D eigenvalue weighted by atomic mass is 9.68. The summed E-state index contributed by atoms with van der Waals surface area (Å²) in [6.45, 7) is 2.49. The van der Waals surface area contributed by atoms with Crippen LogP contribution >= 0.6 is 0 Å². The minimum absolute atomic E-state index is 0.0105. The standard InChI is InChI=1S/C18H21N3O4/c1-3-24-15-7-11-10(6-14(15)23-2)8-19-12-4-5-13(22)18(17(11)12)16-9-20-21-25-16/h6-9,12-13,17-18,22H,3-5H2,1-2H3. The van der Waals surface area contributed by atoms with Crippen molar-refractivity contribution in [2.24, 2.45) is 4.99 Å². The highest BCUT2D eigenvalue weighted by Gasteiger charge is 2.44. The van der Waals surface area contributed by atoms with Gasteiger partial charge in [-0.1, -0.05) is 0 Å². The van der Waals surface area contributed by atoms with E-state index in [4.69, 9.17) is 19.0 Å². The fraction of sp³-hybridized carbons (Fsp3) is 0.500. The summed E-state index contributed by atoms with van der Waals surface area (Å²) in [5.74, 6) is 1.74. The molecule has 4 rings (SSSR count). The van der Waals surface area contributed by atoms with Crippen molar-refractivity contribution in [3.63, 3.8) is 0 Å². The van der Waals surface area contributed by atoms with Crippen LogP contribution in [0.1, 0.15) is 48.5 Å². The highest BCUT2D eigenvalue weighted by Crippen LogP contribution is 2.49. The van der Waals surface area contributed by atoms with Gasteiger partial charge in [-0.15, -0.1) is 5.10 Å². The first-order valence-electron chi connectivity index (χ1n) is 8.56. The van der Waals surface area contributed by atoms with Crippen LogP contribution in [0.25, 0.3) is 0 Å². The van der Waals surface area contributed by atoms with E-state index in [1.165, 1.54) is 0 Å². The van der Waals surface area contributed by atoms with Gasteiger partial charge in [-0.3, -0.25) is 4.99 Å². The predicted octanol–water partition coefficient (Wildman–Crippen LogP) is 2.30. The van der Waals surface area contributed by atoms with Crippen molar-refractivity contribution in [2.75, 3.05) is 13.7 Å². The first-order chi connectivity index (χ1) is 12.2. The SMILES string of the molecule is CCOc1cc2c(cc1OC)C=NC1CCC(O)C(c3cnno3)C21. The number of nitrogens with zero attached hydrogens (tertiary/aromatic N) is 3. The van der Waals surface area contributed by atoms with Gasteiger partial charge in [-0.05, 0) is 43.0 Å². The highest BCUT2D eigenvalue weighted by molar-refractivity contribution is 5.85. The molecule has 1 aromatic carbocycles. The fourth-order valence-electron chi connectivity index (χ4n) is 4.03. The van der Waals surface area contributed by atoms with Crippen LogP contribution in [0.15, 0.2) is 27.8 Å². The van der Waals surface area contributed by atoms with Gasteiger partial charge in [0.15, 0.2) is 17.3 Å². The maximum absolute atomic E-state index is 10.7. The van der Waals surface area contributed by atoms with Crippen molar-refractivity contribution in [3.05, 3.63) is 35.2 Å². The zero-order chi connectivity index (χ0) is 17.4. The molecule has 0 amide bonds. The predicted molar refractivity (Wildman–Crippen MR) is 90.6 cm³/mol. The Hall–Kier alpha value is -2.41. The summed E-state index contributed by atoms with van der Waals surface area (Å²) in [5, 5.41) is 18.0. The molecular weight excluding hydrogens is 322 g/mol. The van der Waals surface area contributed by atoms with E-state index in [1.807, 2.05) is 25.3 Å². The second-order valence-corrected chi connectivity index (χ2v) is 6.43. The highest BCUT2D eigenvalue weighted by atomic mass is 16.5. The Kier molecular flexibility index (Phi) is 4.17. The van der Waals surface area contributed by atoms with Crippen molar-refractivity contribution in [3.8, 4) is 11.5 Å². The van der Waals surface area contributed by atoms with Gasteiger partial charge in [0.2, 0.25) is 0 Å². The maximum Gasteiger partial charge on any atom is 0.163 e. The molecule has 0 saturated heterocycles. The molecule has 1 aliphatic carbocycles. The van der Waals surface area contributed by atoms with Gasteiger partial charge in [0.05, 0.1) is 38.0 Å². The maximum atomic E-state index is 10.7. The molecule has 1 saturated carbocycles. The summed E-state index contributed by atoms with van der Waals surface area (Å²) >= 11 is 0. The molecule has 25 heavy (non-hydrogen) atoms. The Morgan fingerprint density at radius 1 is 1.24 bits per heavy atom. The Bertz CT molecular complexity index is 775. The minimum atomic E-state index is -0.519. The lowest BCUT2D eigenvalue weighted by molar-refractivity contribution is 0.0722. The van der Waals surface area contributed by atoms with Crippen LogP contribution in [-0.4, -0.2) is 47.6 Å². The van der Waals surface area contributed by atoms with E-state index in [1.54, 1.807) is 13.3 Å². The zero-order valence-electron chi connectivity index (χ0n) is 14.3. The number of fused-ring (bicyclic) bond motifs is 3. The molecule has 4 unspecified atom stereocenters. The lowest BCUT2D eigenvalue weighted by Gasteiger charge is -2.40. The second kappa shape index (κ2) is 6.48. The second-order valence-electron chi connectivity index (χ2n) is 6.43. The summed E-state index contributed by atoms with van der Waals surface area (Å²) in [5.41, 5.74) is 2.07. The topological polar surface area (TPSA) is 90.0 Å². The number of ether oxygens (including phenoxy) is 2. The van der Waals surface area contributed by atoms with Crippen LogP contribution < -0.4 is 9.47 Å². The molecule has 7 heteroatoms. The zero-order valence-corrected chi connectivity index (χ0v) is 14.3. The molecule has 0 bridgehead atoms. The molecule has 0 spiro atoms. The first kappa shape index (κ1) is 16.1. The van der Waals surface area contributed by atoms with Crippen molar-refractivity contribution in [1.82, 2.24) is 10.4 Å². The number of aromatic nitrogens is 2. The van der Waals surface area contributed by atoms with Gasteiger partial charge in [0.1, 0.15) is 0 Å². The number of benzene rings is 1. The summed E-state index contributed by atoms with van der Waals surface area (Å²) in [6, 6.07) is 4.04. The Balaban J connectivity index is 1.83. The van der Waals surface area contributed by atoms with E-state index in [-0.39, 0.29) is 17.9 Å². The smallest absolute Gasteiger partial charge is 0.163 e. The van der Waals surface area contributed by atoms with Crippen molar-refractivity contribution in [2.45, 2.75) is 43.7 Å². The van der Waals surface area contributed by atoms with E-state index < -0.39 is 6.10 Å². The molecule has 1 N–H and O–H groups in total. The molecule has 2 aromatic rings. The molecule has 132 valence electrons. The van der Waals surface area contributed by atoms with Gasteiger partial charge in [0, 0.05) is 17.4 Å². The third-order valence-corrected chi connectivity index (χ3v) is 5.11. The Labute approximate surface area is 145 Å². The van der Waals surface area contributed by atoms with Gasteiger partial charge in [-0.25, -0.2) is 0 Å². The summed E-state index contributed by atoms with van der Waals surface area (Å²) in [6.07, 6.45) is 4.46. The number of aliphatic imine (C=N–C) groups is 1. The third kappa shape index (κ3) is 2.68. The van der Waals surface area contributed by atoms with E-state index in [9.17, 15) is 5.11 Å². The van der Waals surface area contributed by atoms with Gasteiger partial charge in [0.25, 0.3) is 0 Å². The van der Waals surface area contributed by atoms with E-state index in [0.29, 0.717) is 30.3 Å². The molecule has 1 fully saturated rings.